The molecule has 0 radical (unpaired) electrons. The number of benzene rings is 2. The summed E-state index contributed by atoms with van der Waals surface area (Å²) in [5, 5.41) is 4.23. The van der Waals surface area contributed by atoms with E-state index in [-0.39, 0.29) is 0 Å². The van der Waals surface area contributed by atoms with Crippen molar-refractivity contribution >= 4 is 27.8 Å². The van der Waals surface area contributed by atoms with Crippen molar-refractivity contribution in [2.24, 2.45) is 5.10 Å². The molecule has 0 heterocycles. The van der Waals surface area contributed by atoms with Crippen LogP contribution in [0.3, 0.4) is 0 Å². The van der Waals surface area contributed by atoms with Gasteiger partial charge in [-0.25, -0.2) is 0 Å². The molecule has 0 aliphatic heterocycles. The minimum atomic E-state index is 0.561. The molecule has 0 aliphatic rings. The van der Waals surface area contributed by atoms with Crippen molar-refractivity contribution in [3.8, 4) is 0 Å². The van der Waals surface area contributed by atoms with Crippen LogP contribution >= 0.6 is 15.9 Å². The zero-order valence-corrected chi connectivity index (χ0v) is 12.7. The fourth-order valence-corrected chi connectivity index (χ4v) is 2.11. The lowest BCUT2D eigenvalue weighted by Gasteiger charge is -2.04. The smallest absolute Gasteiger partial charge is 0.0573 e. The summed E-state index contributed by atoms with van der Waals surface area (Å²) < 4.78 is 1.04. The zero-order valence-electron chi connectivity index (χ0n) is 11.1. The van der Waals surface area contributed by atoms with Crippen molar-refractivity contribution in [1.29, 1.82) is 0 Å². The van der Waals surface area contributed by atoms with Gasteiger partial charge in [0.25, 0.3) is 0 Å². The van der Waals surface area contributed by atoms with Gasteiger partial charge in [-0.05, 0) is 35.2 Å². The summed E-state index contributed by atoms with van der Waals surface area (Å²) in [5.74, 6) is 0.561. The van der Waals surface area contributed by atoms with Crippen LogP contribution in [0.1, 0.15) is 30.9 Å². The first kappa shape index (κ1) is 13.8. The Hall–Kier alpha value is -1.61. The van der Waals surface area contributed by atoms with E-state index in [1.807, 2.05) is 30.5 Å². The van der Waals surface area contributed by atoms with E-state index in [0.717, 1.165) is 15.7 Å². The van der Waals surface area contributed by atoms with Gasteiger partial charge >= 0.3 is 0 Å². The molecule has 0 aliphatic carbocycles. The normalized spacial score (nSPS) is 11.2. The number of halogens is 1. The number of nitrogens with zero attached hydrogens (tertiary/aromatic N) is 1. The Labute approximate surface area is 122 Å². The van der Waals surface area contributed by atoms with Gasteiger partial charge in [0.2, 0.25) is 0 Å². The van der Waals surface area contributed by atoms with Crippen molar-refractivity contribution in [2.75, 3.05) is 5.43 Å². The Balaban J connectivity index is 1.99. The lowest BCUT2D eigenvalue weighted by atomic mass is 10.0. The Morgan fingerprint density at radius 2 is 1.84 bits per heavy atom. The number of hydrogen-bond acceptors (Lipinski definition) is 2. The van der Waals surface area contributed by atoms with Crippen LogP contribution in [0.15, 0.2) is 58.1 Å². The summed E-state index contributed by atoms with van der Waals surface area (Å²) in [4.78, 5) is 0. The van der Waals surface area contributed by atoms with E-state index < -0.39 is 0 Å². The van der Waals surface area contributed by atoms with Crippen molar-refractivity contribution in [3.63, 3.8) is 0 Å². The molecule has 0 saturated heterocycles. The molecule has 0 amide bonds. The van der Waals surface area contributed by atoms with Gasteiger partial charge < -0.3 is 0 Å². The van der Waals surface area contributed by atoms with Gasteiger partial charge in [-0.1, -0.05) is 60.1 Å². The molecule has 1 N–H and O–H groups in total. The van der Waals surface area contributed by atoms with E-state index in [0.29, 0.717) is 5.92 Å². The highest BCUT2D eigenvalue weighted by molar-refractivity contribution is 9.10. The van der Waals surface area contributed by atoms with Gasteiger partial charge in [0.1, 0.15) is 0 Å². The number of anilines is 1. The van der Waals surface area contributed by atoms with Crippen LogP contribution in [0.25, 0.3) is 0 Å². The van der Waals surface area contributed by atoms with E-state index in [9.17, 15) is 0 Å². The van der Waals surface area contributed by atoms with Crippen LogP contribution < -0.4 is 5.43 Å². The second-order valence-corrected chi connectivity index (χ2v) is 5.62. The number of nitrogens with one attached hydrogen (secondary N) is 1. The third-order valence-corrected chi connectivity index (χ3v) is 3.33. The van der Waals surface area contributed by atoms with Crippen LogP contribution in [-0.4, -0.2) is 6.21 Å². The maximum absolute atomic E-state index is 4.23. The Kier molecular flexibility index (Phi) is 4.74. The van der Waals surface area contributed by atoms with Crippen molar-refractivity contribution < 1.29 is 0 Å². The van der Waals surface area contributed by atoms with Crippen molar-refractivity contribution in [3.05, 3.63) is 64.1 Å². The summed E-state index contributed by atoms with van der Waals surface area (Å²) >= 11 is 3.43. The predicted molar refractivity (Wildman–Crippen MR) is 85.9 cm³/mol. The third kappa shape index (κ3) is 4.21. The van der Waals surface area contributed by atoms with Crippen LogP contribution in [0.2, 0.25) is 0 Å². The Bertz CT molecular complexity index is 559. The second kappa shape index (κ2) is 6.53. The molecule has 2 aromatic rings. The minimum Gasteiger partial charge on any atom is -0.278 e. The first-order chi connectivity index (χ1) is 9.15. The highest BCUT2D eigenvalue weighted by Crippen LogP contribution is 2.16. The second-order valence-electron chi connectivity index (χ2n) is 4.70. The SMILES string of the molecule is CC(C)c1ccc(/C=N/Nc2cccc(Br)c2)cc1. The standard InChI is InChI=1S/C16H17BrN2/c1-12(2)14-8-6-13(7-9-14)11-18-19-16-5-3-4-15(17)10-16/h3-12,19H,1-2H3/b18-11+. The maximum Gasteiger partial charge on any atom is 0.0573 e. The molecular weight excluding hydrogens is 300 g/mol. The van der Waals surface area contributed by atoms with Crippen molar-refractivity contribution in [2.45, 2.75) is 19.8 Å². The summed E-state index contributed by atoms with van der Waals surface area (Å²) in [5.41, 5.74) is 6.41. The molecule has 2 rings (SSSR count). The molecule has 3 heteroatoms. The van der Waals surface area contributed by atoms with E-state index in [1.165, 1.54) is 5.56 Å². The predicted octanol–water partition coefficient (Wildman–Crippen LogP) is 5.02. The lowest BCUT2D eigenvalue weighted by molar-refractivity contribution is 0.866. The van der Waals surface area contributed by atoms with Crippen LogP contribution in [0.4, 0.5) is 5.69 Å². The van der Waals surface area contributed by atoms with E-state index in [4.69, 9.17) is 0 Å². The van der Waals surface area contributed by atoms with Gasteiger partial charge in [-0.3, -0.25) is 5.43 Å². The topological polar surface area (TPSA) is 24.4 Å². The van der Waals surface area contributed by atoms with Gasteiger partial charge in [0, 0.05) is 4.47 Å². The monoisotopic (exact) mass is 316 g/mol. The maximum atomic E-state index is 4.23. The molecule has 0 spiro atoms. The quantitative estimate of drug-likeness (QED) is 0.621. The van der Waals surface area contributed by atoms with Gasteiger partial charge in [-0.15, -0.1) is 0 Å². The molecular formula is C16H17BrN2. The van der Waals surface area contributed by atoms with Crippen molar-refractivity contribution in [1.82, 2.24) is 0 Å². The Morgan fingerprint density at radius 1 is 1.11 bits per heavy atom. The van der Waals surface area contributed by atoms with Crippen LogP contribution in [0.5, 0.6) is 0 Å². The molecule has 0 atom stereocenters. The van der Waals surface area contributed by atoms with Gasteiger partial charge in [-0.2, -0.15) is 5.10 Å². The molecule has 19 heavy (non-hydrogen) atoms. The largest absolute Gasteiger partial charge is 0.278 e. The molecule has 98 valence electrons. The fraction of sp³-hybridized carbons (Fsp3) is 0.188. The summed E-state index contributed by atoms with van der Waals surface area (Å²) in [7, 11) is 0. The molecule has 0 unspecified atom stereocenters. The molecule has 2 aromatic carbocycles. The number of hydrazone groups is 1. The third-order valence-electron chi connectivity index (χ3n) is 2.84. The van der Waals surface area contributed by atoms with Crippen LogP contribution in [-0.2, 0) is 0 Å². The van der Waals surface area contributed by atoms with E-state index >= 15 is 0 Å². The molecule has 2 nitrogen and oxygen atoms in total. The van der Waals surface area contributed by atoms with Gasteiger partial charge in [0.15, 0.2) is 0 Å². The highest BCUT2D eigenvalue weighted by atomic mass is 79.9. The fourth-order valence-electron chi connectivity index (χ4n) is 1.71. The number of hydrogen-bond donors (Lipinski definition) is 1. The highest BCUT2D eigenvalue weighted by Gasteiger charge is 1.97. The van der Waals surface area contributed by atoms with E-state index in [2.05, 4.69) is 64.6 Å². The van der Waals surface area contributed by atoms with Gasteiger partial charge in [0.05, 0.1) is 11.9 Å². The van der Waals surface area contributed by atoms with E-state index in [1.54, 1.807) is 0 Å². The average molecular weight is 317 g/mol. The summed E-state index contributed by atoms with van der Waals surface area (Å²) in [6.45, 7) is 4.38. The molecule has 0 saturated carbocycles. The number of rotatable bonds is 4. The molecule has 0 fully saturated rings. The molecule has 0 bridgehead atoms. The average Bonchev–Trinajstić information content (AvgIpc) is 2.39. The summed E-state index contributed by atoms with van der Waals surface area (Å²) in [6.07, 6.45) is 1.82. The lowest BCUT2D eigenvalue weighted by Crippen LogP contribution is -1.91. The van der Waals surface area contributed by atoms with Crippen LogP contribution in [0, 0.1) is 0 Å². The first-order valence-electron chi connectivity index (χ1n) is 6.30. The molecule has 0 aromatic heterocycles. The minimum absolute atomic E-state index is 0.561. The Morgan fingerprint density at radius 3 is 2.47 bits per heavy atom. The summed E-state index contributed by atoms with van der Waals surface area (Å²) in [6, 6.07) is 16.4. The first-order valence-corrected chi connectivity index (χ1v) is 7.09. The zero-order chi connectivity index (χ0) is 13.7.